The molecule has 0 spiro atoms. The van der Waals surface area contributed by atoms with Crippen molar-refractivity contribution in [1.29, 1.82) is 0 Å². The summed E-state index contributed by atoms with van der Waals surface area (Å²) in [6.07, 6.45) is 3.47. The van der Waals surface area contributed by atoms with Gasteiger partial charge >= 0.3 is 0 Å². The molecule has 9 heteroatoms. The molecule has 0 saturated heterocycles. The predicted molar refractivity (Wildman–Crippen MR) is 126 cm³/mol. The Kier molecular flexibility index (Phi) is 6.69. The van der Waals surface area contributed by atoms with Gasteiger partial charge in [-0.05, 0) is 35.4 Å². The Bertz CT molecular complexity index is 1290. The molecule has 0 radical (unpaired) electrons. The lowest BCUT2D eigenvalue weighted by Gasteiger charge is -2.13. The van der Waals surface area contributed by atoms with Crippen LogP contribution >= 0.6 is 11.8 Å². The molecule has 2 aromatic heterocycles. The van der Waals surface area contributed by atoms with Gasteiger partial charge in [0.25, 0.3) is 0 Å². The molecule has 0 N–H and O–H groups in total. The molecule has 0 saturated carbocycles. The zero-order valence-corrected chi connectivity index (χ0v) is 19.4. The standard InChI is InChI=1S/C23H23N5O2S2/c1-27(2)32(29,30)21-10-6-9-19(15-21)17-31-23-26-25-22(20-11-13-24-14-12-20)28(23)16-18-7-4-3-5-8-18/h3-15H,16-17H2,1-2H3. The van der Waals surface area contributed by atoms with E-state index in [9.17, 15) is 8.42 Å². The monoisotopic (exact) mass is 465 g/mol. The van der Waals surface area contributed by atoms with Crippen molar-refractivity contribution in [2.45, 2.75) is 22.3 Å². The maximum Gasteiger partial charge on any atom is 0.242 e. The van der Waals surface area contributed by atoms with Gasteiger partial charge in [-0.15, -0.1) is 10.2 Å². The third kappa shape index (κ3) is 4.90. The summed E-state index contributed by atoms with van der Waals surface area (Å²) in [5, 5.41) is 9.63. The van der Waals surface area contributed by atoms with Crippen LogP contribution in [0.3, 0.4) is 0 Å². The molecule has 0 unspecified atom stereocenters. The van der Waals surface area contributed by atoms with E-state index in [2.05, 4.69) is 31.9 Å². The van der Waals surface area contributed by atoms with Gasteiger partial charge in [0.15, 0.2) is 11.0 Å². The van der Waals surface area contributed by atoms with Crippen LogP contribution in [0, 0.1) is 0 Å². The molecule has 0 amide bonds. The van der Waals surface area contributed by atoms with E-state index in [0.29, 0.717) is 12.3 Å². The lowest BCUT2D eigenvalue weighted by Crippen LogP contribution is -2.22. The van der Waals surface area contributed by atoms with E-state index in [4.69, 9.17) is 0 Å². The van der Waals surface area contributed by atoms with Crippen LogP contribution in [-0.2, 0) is 22.3 Å². The molecule has 2 heterocycles. The molecule has 0 aliphatic carbocycles. The largest absolute Gasteiger partial charge is 0.298 e. The maximum absolute atomic E-state index is 12.5. The number of hydrogen-bond acceptors (Lipinski definition) is 6. The minimum absolute atomic E-state index is 0.281. The zero-order chi connectivity index (χ0) is 22.6. The molecule has 4 rings (SSSR count). The summed E-state index contributed by atoms with van der Waals surface area (Å²) in [6, 6.07) is 21.0. The predicted octanol–water partition coefficient (Wildman–Crippen LogP) is 3.93. The van der Waals surface area contributed by atoms with Crippen molar-refractivity contribution >= 4 is 21.8 Å². The first-order valence-corrected chi connectivity index (χ1v) is 12.4. The summed E-state index contributed by atoms with van der Waals surface area (Å²) in [4.78, 5) is 4.37. The Morgan fingerprint density at radius 3 is 2.34 bits per heavy atom. The molecule has 7 nitrogen and oxygen atoms in total. The molecule has 0 fully saturated rings. The summed E-state index contributed by atoms with van der Waals surface area (Å²) in [6.45, 7) is 0.628. The molecule has 0 aliphatic rings. The van der Waals surface area contributed by atoms with Crippen LogP contribution in [0.2, 0.25) is 0 Å². The van der Waals surface area contributed by atoms with Crippen LogP contribution in [0.1, 0.15) is 11.1 Å². The molecule has 4 aromatic rings. The smallest absolute Gasteiger partial charge is 0.242 e. The Balaban J connectivity index is 1.62. The summed E-state index contributed by atoms with van der Waals surface area (Å²) in [5.74, 6) is 1.34. The molecular formula is C23H23N5O2S2. The second-order valence-corrected chi connectivity index (χ2v) is 10.4. The zero-order valence-electron chi connectivity index (χ0n) is 17.8. The van der Waals surface area contributed by atoms with E-state index in [-0.39, 0.29) is 4.90 Å². The quantitative estimate of drug-likeness (QED) is 0.367. The van der Waals surface area contributed by atoms with Crippen molar-refractivity contribution in [2.24, 2.45) is 0 Å². The number of benzene rings is 2. The van der Waals surface area contributed by atoms with E-state index in [1.807, 2.05) is 36.4 Å². The number of hydrogen-bond donors (Lipinski definition) is 0. The average molecular weight is 466 g/mol. The van der Waals surface area contributed by atoms with E-state index in [1.165, 1.54) is 30.2 Å². The average Bonchev–Trinajstić information content (AvgIpc) is 3.21. The second kappa shape index (κ2) is 9.64. The molecular weight excluding hydrogens is 442 g/mol. The van der Waals surface area contributed by atoms with Crippen molar-refractivity contribution in [1.82, 2.24) is 24.1 Å². The third-order valence-corrected chi connectivity index (χ3v) is 7.73. The Morgan fingerprint density at radius 1 is 0.906 bits per heavy atom. The van der Waals surface area contributed by atoms with Crippen molar-refractivity contribution in [3.05, 3.63) is 90.3 Å². The molecule has 164 valence electrons. The first kappa shape index (κ1) is 22.2. The Hall–Kier alpha value is -3.01. The highest BCUT2D eigenvalue weighted by Crippen LogP contribution is 2.28. The Labute approximate surface area is 192 Å². The highest BCUT2D eigenvalue weighted by Gasteiger charge is 2.18. The molecule has 32 heavy (non-hydrogen) atoms. The fourth-order valence-electron chi connectivity index (χ4n) is 3.17. The van der Waals surface area contributed by atoms with Gasteiger partial charge in [0.05, 0.1) is 11.4 Å². The van der Waals surface area contributed by atoms with E-state index in [0.717, 1.165) is 27.7 Å². The number of aromatic nitrogens is 4. The maximum atomic E-state index is 12.5. The summed E-state index contributed by atoms with van der Waals surface area (Å²) < 4.78 is 28.2. The number of thioether (sulfide) groups is 1. The van der Waals surface area contributed by atoms with Gasteiger partial charge in [-0.1, -0.05) is 54.2 Å². The molecule has 2 aromatic carbocycles. The molecule has 0 bridgehead atoms. The van der Waals surface area contributed by atoms with Crippen LogP contribution in [0.25, 0.3) is 11.4 Å². The first-order valence-electron chi connectivity index (χ1n) is 9.97. The molecule has 0 atom stereocenters. The van der Waals surface area contributed by atoms with Gasteiger partial charge in [0.1, 0.15) is 0 Å². The minimum Gasteiger partial charge on any atom is -0.298 e. The van der Waals surface area contributed by atoms with E-state index >= 15 is 0 Å². The minimum atomic E-state index is -3.48. The number of pyridine rings is 1. The number of nitrogens with zero attached hydrogens (tertiary/aromatic N) is 5. The third-order valence-electron chi connectivity index (χ3n) is 4.88. The van der Waals surface area contributed by atoms with Gasteiger partial charge < -0.3 is 0 Å². The van der Waals surface area contributed by atoms with Gasteiger partial charge in [-0.25, -0.2) is 12.7 Å². The van der Waals surface area contributed by atoms with Crippen LogP contribution in [0.15, 0.2) is 89.2 Å². The fourth-order valence-corrected chi connectivity index (χ4v) is 5.03. The number of rotatable bonds is 8. The van der Waals surface area contributed by atoms with Gasteiger partial charge in [-0.2, -0.15) is 0 Å². The van der Waals surface area contributed by atoms with Gasteiger partial charge in [0.2, 0.25) is 10.0 Å². The second-order valence-electron chi connectivity index (χ2n) is 7.34. The normalized spacial score (nSPS) is 11.7. The van der Waals surface area contributed by atoms with Crippen LogP contribution in [-0.4, -0.2) is 46.6 Å². The number of sulfonamides is 1. The van der Waals surface area contributed by atoms with Crippen molar-refractivity contribution in [3.63, 3.8) is 0 Å². The Morgan fingerprint density at radius 2 is 1.62 bits per heavy atom. The highest BCUT2D eigenvalue weighted by molar-refractivity contribution is 7.98. The van der Waals surface area contributed by atoms with Crippen molar-refractivity contribution in [3.8, 4) is 11.4 Å². The summed E-state index contributed by atoms with van der Waals surface area (Å²) >= 11 is 1.53. The lowest BCUT2D eigenvalue weighted by molar-refractivity contribution is 0.520. The highest BCUT2D eigenvalue weighted by atomic mass is 32.2. The van der Waals surface area contributed by atoms with Crippen LogP contribution in [0.5, 0.6) is 0 Å². The van der Waals surface area contributed by atoms with E-state index < -0.39 is 10.0 Å². The van der Waals surface area contributed by atoms with E-state index in [1.54, 1.807) is 30.6 Å². The summed E-state index contributed by atoms with van der Waals surface area (Å²) in [5.41, 5.74) is 2.98. The molecule has 0 aliphatic heterocycles. The van der Waals surface area contributed by atoms with Gasteiger partial charge in [0, 0.05) is 37.8 Å². The topological polar surface area (TPSA) is 81.0 Å². The SMILES string of the molecule is CN(C)S(=O)(=O)c1cccc(CSc2nnc(-c3ccncc3)n2Cc2ccccc2)c1. The van der Waals surface area contributed by atoms with Gasteiger partial charge in [-0.3, -0.25) is 9.55 Å². The lowest BCUT2D eigenvalue weighted by atomic mass is 10.2. The fraction of sp³-hybridized carbons (Fsp3) is 0.174. The first-order chi connectivity index (χ1) is 15.4. The van der Waals surface area contributed by atoms with Crippen molar-refractivity contribution in [2.75, 3.05) is 14.1 Å². The van der Waals surface area contributed by atoms with Crippen LogP contribution < -0.4 is 0 Å². The van der Waals surface area contributed by atoms with Crippen molar-refractivity contribution < 1.29 is 8.42 Å². The van der Waals surface area contributed by atoms with Crippen LogP contribution in [0.4, 0.5) is 0 Å². The summed E-state index contributed by atoms with van der Waals surface area (Å²) in [7, 11) is -0.416.